The van der Waals surface area contributed by atoms with Crippen LogP contribution in [0.1, 0.15) is 28.3 Å². The molecule has 0 saturated heterocycles. The van der Waals surface area contributed by atoms with Gasteiger partial charge in [-0.2, -0.15) is 0 Å². The molecule has 2 aliphatic heterocycles. The number of ether oxygens (including phenoxy) is 2. The molecule has 0 aromatic heterocycles. The molecule has 6 rings (SSSR count). The molecule has 0 aliphatic carbocycles. The van der Waals surface area contributed by atoms with Crippen molar-refractivity contribution >= 4 is 18.8 Å². The highest BCUT2D eigenvalue weighted by atomic mass is 31.1. The molecule has 0 spiro atoms. The summed E-state index contributed by atoms with van der Waals surface area (Å²) in [5.74, 6) is 2.55. The predicted octanol–water partition coefficient (Wildman–Crippen LogP) is 5.79. The quantitative estimate of drug-likeness (QED) is 0.317. The van der Waals surface area contributed by atoms with E-state index in [1.807, 2.05) is 12.1 Å². The van der Waals surface area contributed by atoms with Crippen molar-refractivity contribution in [2.45, 2.75) is 25.4 Å². The highest BCUT2D eigenvalue weighted by Crippen LogP contribution is 2.46. The van der Waals surface area contributed by atoms with Crippen LogP contribution in [0, 0.1) is 0 Å². The minimum absolute atomic E-state index is 0.373. The van der Waals surface area contributed by atoms with Crippen LogP contribution in [0.15, 0.2) is 91.0 Å². The molecule has 182 valence electrons. The first-order valence-electron chi connectivity index (χ1n) is 12.4. The first-order valence-corrected chi connectivity index (χ1v) is 13.7. The molecule has 0 radical (unpaired) electrons. The number of benzene rings is 4. The Labute approximate surface area is 214 Å². The third-order valence-electron chi connectivity index (χ3n) is 7.26. The average Bonchev–Trinajstić information content (AvgIpc) is 2.95. The third-order valence-corrected chi connectivity index (χ3v) is 9.18. The van der Waals surface area contributed by atoms with Crippen molar-refractivity contribution in [2.75, 3.05) is 20.8 Å². The molecular formula is C31H30NO3P. The predicted molar refractivity (Wildman–Crippen MR) is 146 cm³/mol. The van der Waals surface area contributed by atoms with Crippen molar-refractivity contribution in [1.82, 2.24) is 4.90 Å². The Bertz CT molecular complexity index is 1320. The minimum Gasteiger partial charge on any atom is -0.497 e. The van der Waals surface area contributed by atoms with Crippen molar-refractivity contribution in [3.05, 3.63) is 113 Å². The highest BCUT2D eigenvalue weighted by molar-refractivity contribution is 7.68. The van der Waals surface area contributed by atoms with E-state index in [1.165, 1.54) is 32.9 Å². The summed E-state index contributed by atoms with van der Waals surface area (Å²) in [7, 11) is 2.44. The van der Waals surface area contributed by atoms with E-state index in [-0.39, 0.29) is 0 Å². The fourth-order valence-electron chi connectivity index (χ4n) is 5.41. The van der Waals surface area contributed by atoms with Crippen molar-refractivity contribution in [1.29, 1.82) is 0 Å². The molecule has 2 aliphatic rings. The summed E-state index contributed by atoms with van der Waals surface area (Å²) in [6.45, 7) is 1.98. The van der Waals surface area contributed by atoms with Gasteiger partial charge in [0.2, 0.25) is 0 Å². The van der Waals surface area contributed by atoms with Gasteiger partial charge in [0, 0.05) is 29.7 Å². The second-order valence-electron chi connectivity index (χ2n) is 9.33. The molecule has 1 atom stereocenters. The van der Waals surface area contributed by atoms with Crippen LogP contribution in [-0.2, 0) is 19.4 Å². The molecule has 0 fully saturated rings. The molecule has 0 saturated carbocycles. The summed E-state index contributed by atoms with van der Waals surface area (Å²) in [6, 6.07) is 32.3. The maximum absolute atomic E-state index is 6.82. The Kier molecular flexibility index (Phi) is 6.39. The first-order chi connectivity index (χ1) is 17.7. The van der Waals surface area contributed by atoms with Crippen LogP contribution in [0.25, 0.3) is 0 Å². The van der Waals surface area contributed by atoms with Gasteiger partial charge in [-0.3, -0.25) is 4.90 Å². The van der Waals surface area contributed by atoms with Crippen LogP contribution in [0.5, 0.6) is 17.2 Å². The summed E-state index contributed by atoms with van der Waals surface area (Å²) in [5, 5.41) is 2.36. The van der Waals surface area contributed by atoms with Gasteiger partial charge in [-0.15, -0.1) is 0 Å². The number of hydrogen-bond donors (Lipinski definition) is 0. The SMILES string of the molecule is COc1ccc2c(c1)CCN1Cc3cc(OC)c(OP(c4ccccc4)c4ccccc4)cc3CC21. The minimum atomic E-state index is -1.03. The van der Waals surface area contributed by atoms with Gasteiger partial charge in [-0.1, -0.05) is 66.7 Å². The van der Waals surface area contributed by atoms with Crippen LogP contribution in [-0.4, -0.2) is 25.7 Å². The standard InChI is InChI=1S/C31H30NO3P/c1-33-25-13-14-28-22(17-25)15-16-32-21-24-20-30(34-2)31(19-23(24)18-29(28)32)35-36(26-9-5-3-6-10-26)27-11-7-4-8-12-27/h3-14,17,19-20,29H,15-16,18,21H2,1-2H3. The van der Waals surface area contributed by atoms with Gasteiger partial charge in [-0.25, -0.2) is 0 Å². The lowest BCUT2D eigenvalue weighted by Gasteiger charge is -2.41. The van der Waals surface area contributed by atoms with Crippen molar-refractivity contribution in [3.8, 4) is 17.2 Å². The molecule has 4 aromatic carbocycles. The Morgan fingerprint density at radius 1 is 0.722 bits per heavy atom. The summed E-state index contributed by atoms with van der Waals surface area (Å²) in [4.78, 5) is 2.60. The number of nitrogens with zero attached hydrogens (tertiary/aromatic N) is 1. The fraction of sp³-hybridized carbons (Fsp3) is 0.226. The summed E-state index contributed by atoms with van der Waals surface area (Å²) in [6.07, 6.45) is 2.01. The first kappa shape index (κ1) is 23.1. The fourth-order valence-corrected chi connectivity index (χ4v) is 7.15. The molecule has 0 amide bonds. The molecule has 5 heteroatoms. The second-order valence-corrected chi connectivity index (χ2v) is 11.1. The summed E-state index contributed by atoms with van der Waals surface area (Å²) in [5.41, 5.74) is 5.49. The molecule has 36 heavy (non-hydrogen) atoms. The van der Waals surface area contributed by atoms with Gasteiger partial charge in [0.1, 0.15) is 5.75 Å². The second kappa shape index (κ2) is 9.97. The zero-order valence-corrected chi connectivity index (χ0v) is 21.6. The lowest BCUT2D eigenvalue weighted by atomic mass is 9.84. The molecule has 1 unspecified atom stereocenters. The normalized spacial score (nSPS) is 16.6. The van der Waals surface area contributed by atoms with E-state index in [1.54, 1.807) is 14.2 Å². The number of rotatable bonds is 6. The zero-order chi connectivity index (χ0) is 24.5. The van der Waals surface area contributed by atoms with Crippen LogP contribution in [0.3, 0.4) is 0 Å². The van der Waals surface area contributed by atoms with Crippen molar-refractivity contribution in [3.63, 3.8) is 0 Å². The van der Waals surface area contributed by atoms with Crippen LogP contribution in [0.2, 0.25) is 0 Å². The topological polar surface area (TPSA) is 30.9 Å². The van der Waals surface area contributed by atoms with E-state index in [0.29, 0.717) is 6.04 Å². The van der Waals surface area contributed by atoms with E-state index in [2.05, 4.69) is 83.8 Å². The smallest absolute Gasteiger partial charge is 0.166 e. The molecule has 0 N–H and O–H groups in total. The van der Waals surface area contributed by atoms with Crippen molar-refractivity contribution in [2.24, 2.45) is 0 Å². The van der Waals surface area contributed by atoms with Gasteiger partial charge < -0.3 is 14.0 Å². The van der Waals surface area contributed by atoms with E-state index in [4.69, 9.17) is 14.0 Å². The van der Waals surface area contributed by atoms with Crippen molar-refractivity contribution < 1.29 is 14.0 Å². The van der Waals surface area contributed by atoms with Gasteiger partial charge in [0.25, 0.3) is 0 Å². The molecule has 2 heterocycles. The third kappa shape index (κ3) is 4.36. The van der Waals surface area contributed by atoms with E-state index >= 15 is 0 Å². The number of hydrogen-bond acceptors (Lipinski definition) is 4. The molecule has 4 nitrogen and oxygen atoms in total. The van der Waals surface area contributed by atoms with E-state index in [0.717, 1.165) is 43.2 Å². The lowest BCUT2D eigenvalue weighted by Crippen LogP contribution is -2.39. The Balaban J connectivity index is 1.36. The van der Waals surface area contributed by atoms with Gasteiger partial charge >= 0.3 is 0 Å². The van der Waals surface area contributed by atoms with Gasteiger partial charge in [0.15, 0.2) is 19.6 Å². The average molecular weight is 496 g/mol. The van der Waals surface area contributed by atoms with E-state index < -0.39 is 8.15 Å². The Morgan fingerprint density at radius 3 is 2.08 bits per heavy atom. The Hall–Kier alpha value is -3.33. The summed E-state index contributed by atoms with van der Waals surface area (Å²) >= 11 is 0. The molecule has 0 bridgehead atoms. The van der Waals surface area contributed by atoms with Gasteiger partial charge in [0.05, 0.1) is 14.2 Å². The number of methoxy groups -OCH3 is 2. The Morgan fingerprint density at radius 2 is 1.42 bits per heavy atom. The van der Waals surface area contributed by atoms with Crippen LogP contribution >= 0.6 is 8.15 Å². The number of fused-ring (bicyclic) bond motifs is 4. The lowest BCUT2D eigenvalue weighted by molar-refractivity contribution is 0.160. The van der Waals surface area contributed by atoms with Crippen LogP contribution < -0.4 is 24.6 Å². The summed E-state index contributed by atoms with van der Waals surface area (Å²) < 4.78 is 18.2. The maximum Gasteiger partial charge on any atom is 0.166 e. The van der Waals surface area contributed by atoms with E-state index in [9.17, 15) is 0 Å². The highest BCUT2D eigenvalue weighted by Gasteiger charge is 2.33. The van der Waals surface area contributed by atoms with Crippen LogP contribution in [0.4, 0.5) is 0 Å². The largest absolute Gasteiger partial charge is 0.497 e. The molecule has 4 aromatic rings. The maximum atomic E-state index is 6.82. The molecular weight excluding hydrogens is 465 g/mol. The zero-order valence-electron chi connectivity index (χ0n) is 20.7. The van der Waals surface area contributed by atoms with Gasteiger partial charge in [-0.05, 0) is 59.4 Å². The monoisotopic (exact) mass is 495 g/mol.